The third-order valence-corrected chi connectivity index (χ3v) is 3.38. The van der Waals surface area contributed by atoms with Crippen LogP contribution in [0.5, 0.6) is 5.75 Å². The summed E-state index contributed by atoms with van der Waals surface area (Å²) in [5.74, 6) is -3.77. The van der Waals surface area contributed by atoms with Gasteiger partial charge in [-0.1, -0.05) is 11.6 Å². The summed E-state index contributed by atoms with van der Waals surface area (Å²) in [6.45, 7) is 3.83. The van der Waals surface area contributed by atoms with E-state index in [0.29, 0.717) is 12.0 Å². The van der Waals surface area contributed by atoms with Gasteiger partial charge >= 0.3 is 23.9 Å². The number of fused-ring (bicyclic) bond motifs is 1. The zero-order chi connectivity index (χ0) is 17.3. The Morgan fingerprint density at radius 3 is 2.48 bits per heavy atom. The molecule has 1 atom stereocenters. The molecule has 0 amide bonds. The zero-order valence-electron chi connectivity index (χ0n) is 12.6. The van der Waals surface area contributed by atoms with Crippen LogP contribution in [-0.2, 0) is 25.5 Å². The molecular weight excluding hydrogens is 328 g/mol. The summed E-state index contributed by atoms with van der Waals surface area (Å²) in [5, 5.41) is 0.120. The highest BCUT2D eigenvalue weighted by Crippen LogP contribution is 2.38. The number of ether oxygens (including phenoxy) is 3. The van der Waals surface area contributed by atoms with Crippen molar-refractivity contribution in [3.8, 4) is 5.75 Å². The van der Waals surface area contributed by atoms with Gasteiger partial charge in [0.25, 0.3) is 0 Å². The van der Waals surface area contributed by atoms with E-state index in [1.165, 1.54) is 6.07 Å². The Morgan fingerprint density at radius 2 is 1.91 bits per heavy atom. The molecule has 7 nitrogen and oxygen atoms in total. The van der Waals surface area contributed by atoms with Crippen LogP contribution in [0.15, 0.2) is 6.07 Å². The molecule has 0 aliphatic carbocycles. The summed E-state index contributed by atoms with van der Waals surface area (Å²) < 4.78 is 14.6. The van der Waals surface area contributed by atoms with Crippen LogP contribution in [0.2, 0.25) is 5.02 Å². The van der Waals surface area contributed by atoms with Crippen LogP contribution >= 0.6 is 11.6 Å². The van der Waals surface area contributed by atoms with Gasteiger partial charge in [-0.3, -0.25) is 9.59 Å². The van der Waals surface area contributed by atoms with E-state index in [9.17, 15) is 19.2 Å². The molecule has 122 valence electrons. The van der Waals surface area contributed by atoms with Crippen molar-refractivity contribution in [3.05, 3.63) is 27.8 Å². The number of carbonyl (C=O) groups is 4. The maximum atomic E-state index is 12.2. The van der Waals surface area contributed by atoms with Crippen molar-refractivity contribution < 1.29 is 33.4 Å². The highest BCUT2D eigenvalue weighted by Gasteiger charge is 2.34. The fraction of sp³-hybridized carbons (Fsp3) is 0.333. The van der Waals surface area contributed by atoms with E-state index in [-0.39, 0.29) is 21.9 Å². The van der Waals surface area contributed by atoms with Crippen LogP contribution in [0.3, 0.4) is 0 Å². The lowest BCUT2D eigenvalue weighted by Crippen LogP contribution is -2.28. The Bertz CT molecular complexity index is 723. The van der Waals surface area contributed by atoms with Gasteiger partial charge in [0.2, 0.25) is 0 Å². The second-order valence-corrected chi connectivity index (χ2v) is 5.39. The molecule has 0 spiro atoms. The van der Waals surface area contributed by atoms with Crippen molar-refractivity contribution in [1.82, 2.24) is 0 Å². The van der Waals surface area contributed by atoms with Crippen LogP contribution in [0.25, 0.3) is 0 Å². The first-order valence-corrected chi connectivity index (χ1v) is 7.06. The largest absolute Gasteiger partial charge is 0.459 e. The van der Waals surface area contributed by atoms with Crippen LogP contribution in [0.1, 0.15) is 47.1 Å². The predicted octanol–water partition coefficient (Wildman–Crippen LogP) is 2.07. The summed E-state index contributed by atoms with van der Waals surface area (Å²) in [5.41, 5.74) is -0.00185. The number of esters is 4. The average Bonchev–Trinajstić information content (AvgIpc) is 2.39. The zero-order valence-corrected chi connectivity index (χ0v) is 13.4. The van der Waals surface area contributed by atoms with E-state index in [1.807, 2.05) is 0 Å². The van der Waals surface area contributed by atoms with E-state index in [4.69, 9.17) is 21.1 Å². The molecule has 1 aromatic carbocycles. The summed E-state index contributed by atoms with van der Waals surface area (Å²) in [4.78, 5) is 46.5. The molecule has 2 rings (SSSR count). The minimum atomic E-state index is -1.08. The molecular formula is C15H13ClO7. The van der Waals surface area contributed by atoms with Gasteiger partial charge in [0.1, 0.15) is 17.2 Å². The molecule has 8 heteroatoms. The topological polar surface area (TPSA) is 96.0 Å². The van der Waals surface area contributed by atoms with Gasteiger partial charge in [-0.25, -0.2) is 9.59 Å². The van der Waals surface area contributed by atoms with Gasteiger partial charge in [0, 0.05) is 25.3 Å². The van der Waals surface area contributed by atoms with E-state index < -0.39 is 30.0 Å². The van der Waals surface area contributed by atoms with E-state index in [2.05, 4.69) is 4.74 Å². The molecule has 1 aromatic rings. The standard InChI is InChI=1S/C15H13ClO7/c1-6-4-9-11(16)5-10(14(19)23-8(3)18)13(22-7(2)17)12(9)15(20)21-6/h5-6H,4H2,1-3H3/t6-/m1/s1. The molecule has 1 aliphatic rings. The van der Waals surface area contributed by atoms with Crippen molar-refractivity contribution in [2.24, 2.45) is 0 Å². The van der Waals surface area contributed by atoms with Crippen LogP contribution in [0, 0.1) is 0 Å². The Balaban J connectivity index is 2.68. The lowest BCUT2D eigenvalue weighted by atomic mass is 9.95. The van der Waals surface area contributed by atoms with Crippen LogP contribution in [0.4, 0.5) is 0 Å². The second-order valence-electron chi connectivity index (χ2n) is 4.98. The second kappa shape index (κ2) is 6.37. The number of halogens is 1. The van der Waals surface area contributed by atoms with E-state index in [1.54, 1.807) is 6.92 Å². The Labute approximate surface area is 136 Å². The van der Waals surface area contributed by atoms with Crippen molar-refractivity contribution in [2.75, 3.05) is 0 Å². The van der Waals surface area contributed by atoms with Crippen molar-refractivity contribution in [2.45, 2.75) is 33.3 Å². The minimum absolute atomic E-state index is 0.110. The Morgan fingerprint density at radius 1 is 1.26 bits per heavy atom. The summed E-state index contributed by atoms with van der Waals surface area (Å²) in [6.07, 6.45) is -0.108. The predicted molar refractivity (Wildman–Crippen MR) is 77.4 cm³/mol. The average molecular weight is 341 g/mol. The highest BCUT2D eigenvalue weighted by atomic mass is 35.5. The third-order valence-electron chi connectivity index (χ3n) is 3.04. The number of benzene rings is 1. The molecule has 0 saturated heterocycles. The van der Waals surface area contributed by atoms with Gasteiger partial charge < -0.3 is 14.2 Å². The third kappa shape index (κ3) is 3.50. The molecule has 0 aromatic heterocycles. The molecule has 1 aliphatic heterocycles. The molecule has 0 saturated carbocycles. The van der Waals surface area contributed by atoms with E-state index in [0.717, 1.165) is 13.8 Å². The first-order valence-electron chi connectivity index (χ1n) is 6.68. The van der Waals surface area contributed by atoms with Gasteiger partial charge in [0.15, 0.2) is 5.75 Å². The number of hydrogen-bond acceptors (Lipinski definition) is 7. The normalized spacial score (nSPS) is 16.2. The molecule has 0 fully saturated rings. The van der Waals surface area contributed by atoms with Crippen molar-refractivity contribution >= 4 is 35.5 Å². The number of cyclic esters (lactones) is 1. The minimum Gasteiger partial charge on any atom is -0.459 e. The fourth-order valence-corrected chi connectivity index (χ4v) is 2.52. The maximum absolute atomic E-state index is 12.2. The van der Waals surface area contributed by atoms with E-state index >= 15 is 0 Å². The lowest BCUT2D eigenvalue weighted by molar-refractivity contribution is -0.135. The SMILES string of the molecule is CC(=O)OC(=O)c1cc(Cl)c2c(c1OC(C)=O)C(=O)O[C@H](C)C2. The first-order chi connectivity index (χ1) is 10.7. The molecule has 23 heavy (non-hydrogen) atoms. The Kier molecular flexibility index (Phi) is 4.70. The maximum Gasteiger partial charge on any atom is 0.349 e. The van der Waals surface area contributed by atoms with Gasteiger partial charge in [-0.15, -0.1) is 0 Å². The molecule has 1 heterocycles. The first kappa shape index (κ1) is 17.0. The number of carbonyl (C=O) groups excluding carboxylic acids is 4. The molecule has 0 unspecified atom stereocenters. The van der Waals surface area contributed by atoms with Crippen molar-refractivity contribution in [3.63, 3.8) is 0 Å². The molecule has 0 N–H and O–H groups in total. The fourth-order valence-electron chi connectivity index (χ4n) is 2.24. The number of rotatable bonds is 2. The summed E-state index contributed by atoms with van der Waals surface area (Å²) in [6, 6.07) is 1.20. The molecule has 0 bridgehead atoms. The monoisotopic (exact) mass is 340 g/mol. The number of hydrogen-bond donors (Lipinski definition) is 0. The smallest absolute Gasteiger partial charge is 0.349 e. The Hall–Kier alpha value is -2.41. The molecule has 0 radical (unpaired) electrons. The van der Waals surface area contributed by atoms with Gasteiger partial charge in [0.05, 0.1) is 0 Å². The lowest BCUT2D eigenvalue weighted by Gasteiger charge is -2.25. The summed E-state index contributed by atoms with van der Waals surface area (Å²) in [7, 11) is 0. The van der Waals surface area contributed by atoms with Gasteiger partial charge in [-0.05, 0) is 18.6 Å². The van der Waals surface area contributed by atoms with Gasteiger partial charge in [-0.2, -0.15) is 0 Å². The summed E-state index contributed by atoms with van der Waals surface area (Å²) >= 11 is 6.13. The van der Waals surface area contributed by atoms with Crippen LogP contribution < -0.4 is 4.74 Å². The van der Waals surface area contributed by atoms with Crippen LogP contribution in [-0.4, -0.2) is 30.0 Å². The highest BCUT2D eigenvalue weighted by molar-refractivity contribution is 6.32. The van der Waals surface area contributed by atoms with Crippen molar-refractivity contribution in [1.29, 1.82) is 0 Å². The quantitative estimate of drug-likeness (QED) is 0.462.